The van der Waals surface area contributed by atoms with Crippen molar-refractivity contribution >= 4 is 11.9 Å². The molecule has 0 aromatic carbocycles. The normalized spacial score (nSPS) is 10.9. The first kappa shape index (κ1) is 28.6. The fourth-order valence-corrected chi connectivity index (χ4v) is 2.71. The first-order valence-electron chi connectivity index (χ1n) is 11.3. The summed E-state index contributed by atoms with van der Waals surface area (Å²) in [7, 11) is 0. The lowest BCUT2D eigenvalue weighted by Crippen LogP contribution is -1.93. The van der Waals surface area contributed by atoms with Crippen LogP contribution in [0.1, 0.15) is 117 Å². The molecule has 0 unspecified atom stereocenters. The summed E-state index contributed by atoms with van der Waals surface area (Å²) in [6.07, 6.45) is 25.2. The highest BCUT2D eigenvalue weighted by atomic mass is 16.4. The lowest BCUT2D eigenvalue weighted by molar-refractivity contribution is -0.138. The van der Waals surface area contributed by atoms with Gasteiger partial charge in [-0.2, -0.15) is 0 Å². The number of carboxylic acids is 2. The van der Waals surface area contributed by atoms with E-state index in [1.807, 2.05) is 0 Å². The molecule has 0 fully saturated rings. The molecule has 0 aromatic rings. The second-order valence-electron chi connectivity index (χ2n) is 7.16. The van der Waals surface area contributed by atoms with Crippen LogP contribution in [0.2, 0.25) is 0 Å². The third-order valence-corrected chi connectivity index (χ3v) is 4.33. The maximum absolute atomic E-state index is 10.2. The third kappa shape index (κ3) is 32.1. The van der Waals surface area contributed by atoms with Gasteiger partial charge in [0, 0.05) is 12.8 Å². The van der Waals surface area contributed by atoms with E-state index in [1.165, 1.54) is 51.4 Å². The van der Waals surface area contributed by atoms with E-state index in [9.17, 15) is 9.59 Å². The van der Waals surface area contributed by atoms with Gasteiger partial charge in [0.15, 0.2) is 0 Å². The van der Waals surface area contributed by atoms with Crippen LogP contribution in [0.4, 0.5) is 0 Å². The van der Waals surface area contributed by atoms with Gasteiger partial charge in [-0.15, -0.1) is 0 Å². The molecule has 0 saturated heterocycles. The zero-order chi connectivity index (χ0) is 21.3. The lowest BCUT2D eigenvalue weighted by atomic mass is 10.1. The van der Waals surface area contributed by atoms with E-state index < -0.39 is 11.9 Å². The second kappa shape index (κ2) is 25.4. The van der Waals surface area contributed by atoms with Crippen molar-refractivity contribution in [1.82, 2.24) is 0 Å². The van der Waals surface area contributed by atoms with Gasteiger partial charge in [0.25, 0.3) is 0 Å². The predicted molar refractivity (Wildman–Crippen MR) is 119 cm³/mol. The van der Waals surface area contributed by atoms with Crippen molar-refractivity contribution in [3.63, 3.8) is 0 Å². The minimum atomic E-state index is -0.670. The summed E-state index contributed by atoms with van der Waals surface area (Å²) in [6.45, 7) is 4.28. The molecule has 0 aromatic heterocycles. The Kier molecular flexibility index (Phi) is 26.0. The molecule has 0 radical (unpaired) electrons. The average Bonchev–Trinajstić information content (AvgIpc) is 2.65. The number of allylic oxidation sites excluding steroid dienone is 4. The number of aliphatic carboxylic acids is 2. The molecule has 28 heavy (non-hydrogen) atoms. The van der Waals surface area contributed by atoms with E-state index in [-0.39, 0.29) is 0 Å². The molecule has 0 atom stereocenters. The van der Waals surface area contributed by atoms with Crippen molar-refractivity contribution in [3.8, 4) is 0 Å². The molecule has 0 aliphatic heterocycles. The van der Waals surface area contributed by atoms with E-state index in [0.717, 1.165) is 38.5 Å². The van der Waals surface area contributed by atoms with Gasteiger partial charge in [-0.1, -0.05) is 76.7 Å². The Balaban J connectivity index is 0. The van der Waals surface area contributed by atoms with Crippen LogP contribution in [0.25, 0.3) is 0 Å². The highest BCUT2D eigenvalue weighted by Crippen LogP contribution is 2.08. The molecule has 164 valence electrons. The molecule has 0 heterocycles. The summed E-state index contributed by atoms with van der Waals surface area (Å²) >= 11 is 0. The molecule has 0 rings (SSSR count). The Hall–Kier alpha value is -1.58. The SMILES string of the molecule is CCC=CCCCCCCCC(=O)O.CCC=CCCCCCCCC(=O)O. The predicted octanol–water partition coefficient (Wildman–Crippen LogP) is 7.54. The first-order chi connectivity index (χ1) is 13.5. The van der Waals surface area contributed by atoms with Crippen molar-refractivity contribution in [2.24, 2.45) is 0 Å². The molecule has 4 heteroatoms. The fourth-order valence-electron chi connectivity index (χ4n) is 2.71. The van der Waals surface area contributed by atoms with Crippen molar-refractivity contribution in [2.75, 3.05) is 0 Å². The summed E-state index contributed by atoms with van der Waals surface area (Å²) in [4.78, 5) is 20.4. The van der Waals surface area contributed by atoms with Crippen molar-refractivity contribution in [2.45, 2.75) is 117 Å². The highest BCUT2D eigenvalue weighted by molar-refractivity contribution is 5.66. The molecule has 0 bridgehead atoms. The van der Waals surface area contributed by atoms with Gasteiger partial charge in [-0.3, -0.25) is 9.59 Å². The summed E-state index contributed by atoms with van der Waals surface area (Å²) < 4.78 is 0. The van der Waals surface area contributed by atoms with Crippen LogP contribution in [0, 0.1) is 0 Å². The zero-order valence-electron chi connectivity index (χ0n) is 18.3. The van der Waals surface area contributed by atoms with Gasteiger partial charge in [0.1, 0.15) is 0 Å². The second-order valence-corrected chi connectivity index (χ2v) is 7.16. The number of carbonyl (C=O) groups is 2. The standard InChI is InChI=1S/2C12H22O2/c2*1-2-3-4-5-6-7-8-9-10-11-12(13)14/h2*3-4H,2,5-11H2,1H3,(H,13,14). The number of hydrogen-bond donors (Lipinski definition) is 2. The summed E-state index contributed by atoms with van der Waals surface area (Å²) in [5.41, 5.74) is 0. The van der Waals surface area contributed by atoms with Crippen LogP contribution in [0.5, 0.6) is 0 Å². The molecule has 4 nitrogen and oxygen atoms in total. The monoisotopic (exact) mass is 396 g/mol. The van der Waals surface area contributed by atoms with Crippen LogP contribution >= 0.6 is 0 Å². The number of carboxylic acid groups (broad SMARTS) is 2. The van der Waals surface area contributed by atoms with Crippen LogP contribution in [0.3, 0.4) is 0 Å². The highest BCUT2D eigenvalue weighted by Gasteiger charge is 1.96. The van der Waals surface area contributed by atoms with Gasteiger partial charge in [-0.05, 0) is 51.4 Å². The summed E-state index contributed by atoms with van der Waals surface area (Å²) in [5.74, 6) is -1.34. The first-order valence-corrected chi connectivity index (χ1v) is 11.3. The van der Waals surface area contributed by atoms with Gasteiger partial charge < -0.3 is 10.2 Å². The molecule has 2 N–H and O–H groups in total. The third-order valence-electron chi connectivity index (χ3n) is 4.33. The molecule has 0 saturated carbocycles. The van der Waals surface area contributed by atoms with Gasteiger partial charge in [-0.25, -0.2) is 0 Å². The Morgan fingerprint density at radius 1 is 0.536 bits per heavy atom. The Morgan fingerprint density at radius 2 is 0.857 bits per heavy atom. The quantitative estimate of drug-likeness (QED) is 0.185. The maximum atomic E-state index is 10.2. The fraction of sp³-hybridized carbons (Fsp3) is 0.750. The van der Waals surface area contributed by atoms with Crippen molar-refractivity contribution in [3.05, 3.63) is 24.3 Å². The van der Waals surface area contributed by atoms with Crippen LogP contribution in [-0.4, -0.2) is 22.2 Å². The van der Waals surface area contributed by atoms with E-state index >= 15 is 0 Å². The largest absolute Gasteiger partial charge is 0.481 e. The van der Waals surface area contributed by atoms with E-state index in [2.05, 4.69) is 38.2 Å². The average molecular weight is 397 g/mol. The van der Waals surface area contributed by atoms with Crippen molar-refractivity contribution < 1.29 is 19.8 Å². The number of unbranched alkanes of at least 4 members (excludes halogenated alkanes) is 10. The molecule has 0 spiro atoms. The van der Waals surface area contributed by atoms with E-state index in [1.54, 1.807) is 0 Å². The minimum Gasteiger partial charge on any atom is -0.481 e. The number of rotatable bonds is 18. The van der Waals surface area contributed by atoms with Gasteiger partial charge >= 0.3 is 11.9 Å². The lowest BCUT2D eigenvalue weighted by Gasteiger charge is -1.97. The summed E-state index contributed by atoms with van der Waals surface area (Å²) in [6, 6.07) is 0. The van der Waals surface area contributed by atoms with Crippen LogP contribution in [-0.2, 0) is 9.59 Å². The van der Waals surface area contributed by atoms with Crippen LogP contribution in [0.15, 0.2) is 24.3 Å². The maximum Gasteiger partial charge on any atom is 0.303 e. The molecule has 0 amide bonds. The number of hydrogen-bond acceptors (Lipinski definition) is 2. The van der Waals surface area contributed by atoms with Crippen molar-refractivity contribution in [1.29, 1.82) is 0 Å². The topological polar surface area (TPSA) is 74.6 Å². The van der Waals surface area contributed by atoms with E-state index in [0.29, 0.717) is 12.8 Å². The van der Waals surface area contributed by atoms with Crippen LogP contribution < -0.4 is 0 Å². The Morgan fingerprint density at radius 3 is 1.18 bits per heavy atom. The molecule has 0 aliphatic rings. The van der Waals surface area contributed by atoms with E-state index in [4.69, 9.17) is 10.2 Å². The molecular weight excluding hydrogens is 352 g/mol. The smallest absolute Gasteiger partial charge is 0.303 e. The minimum absolute atomic E-state index is 0.329. The molecular formula is C24H44O4. The summed E-state index contributed by atoms with van der Waals surface area (Å²) in [5, 5.41) is 16.8. The zero-order valence-corrected chi connectivity index (χ0v) is 18.3. The van der Waals surface area contributed by atoms with Gasteiger partial charge in [0.05, 0.1) is 0 Å². The van der Waals surface area contributed by atoms with Gasteiger partial charge in [0.2, 0.25) is 0 Å². The molecule has 0 aliphatic carbocycles. The Labute approximate surface area is 173 Å². The Bertz CT molecular complexity index is 361.